The van der Waals surface area contributed by atoms with Gasteiger partial charge in [-0.1, -0.05) is 0 Å². The molecule has 0 fully saturated rings. The molecular weight excluding hydrogens is 154 g/mol. The average molecular weight is 163 g/mol. The summed E-state index contributed by atoms with van der Waals surface area (Å²) in [5, 5.41) is 0. The molecule has 3 nitrogen and oxygen atoms in total. The second kappa shape index (κ2) is 2.59. The quantitative estimate of drug-likeness (QED) is 0.495. The van der Waals surface area contributed by atoms with Crippen molar-refractivity contribution in [2.45, 2.75) is 12.8 Å². The smallest absolute Gasteiger partial charge is 0.189 e. The summed E-state index contributed by atoms with van der Waals surface area (Å²) in [6.07, 6.45) is 3.98. The van der Waals surface area contributed by atoms with Gasteiger partial charge < -0.3 is 9.78 Å². The Hall–Kier alpha value is -1.38. The van der Waals surface area contributed by atoms with Crippen molar-refractivity contribution in [2.75, 3.05) is 0 Å². The number of H-pyrrole nitrogens is 1. The van der Waals surface area contributed by atoms with Gasteiger partial charge in [0.05, 0.1) is 11.6 Å². The minimum Gasteiger partial charge on any atom is -0.359 e. The molecule has 1 aromatic heterocycles. The molecule has 3 heteroatoms. The van der Waals surface area contributed by atoms with Gasteiger partial charge in [0.2, 0.25) is 0 Å². The topological polar surface area (TPSA) is 49.9 Å². The molecule has 1 atom stereocenters. The maximum absolute atomic E-state index is 11.4. The Morgan fingerprint density at radius 2 is 2.42 bits per heavy atom. The lowest BCUT2D eigenvalue weighted by molar-refractivity contribution is -0.110. The Morgan fingerprint density at radius 3 is 3.17 bits per heavy atom. The SMILES string of the molecule is O=CC1CCc2cc[nH]c2C1=O. The predicted molar refractivity (Wildman–Crippen MR) is 43.0 cm³/mol. The highest BCUT2D eigenvalue weighted by Gasteiger charge is 2.27. The van der Waals surface area contributed by atoms with Gasteiger partial charge in [0.15, 0.2) is 5.78 Å². The van der Waals surface area contributed by atoms with Crippen LogP contribution in [0.2, 0.25) is 0 Å². The third-order valence-corrected chi connectivity index (χ3v) is 2.31. The van der Waals surface area contributed by atoms with Gasteiger partial charge >= 0.3 is 0 Å². The number of nitrogens with one attached hydrogen (secondary N) is 1. The molecule has 1 N–H and O–H groups in total. The van der Waals surface area contributed by atoms with Gasteiger partial charge in [-0.2, -0.15) is 0 Å². The summed E-state index contributed by atoms with van der Waals surface area (Å²) in [4.78, 5) is 24.8. The van der Waals surface area contributed by atoms with Gasteiger partial charge in [-0.25, -0.2) is 0 Å². The summed E-state index contributed by atoms with van der Waals surface area (Å²) >= 11 is 0. The molecule has 2 rings (SSSR count). The van der Waals surface area contributed by atoms with Crippen molar-refractivity contribution in [2.24, 2.45) is 5.92 Å². The standard InChI is InChI=1S/C9H9NO2/c11-5-7-2-1-6-3-4-10-8(6)9(7)12/h3-5,7,10H,1-2H2. The van der Waals surface area contributed by atoms with E-state index < -0.39 is 5.92 Å². The zero-order valence-corrected chi connectivity index (χ0v) is 6.54. The van der Waals surface area contributed by atoms with Crippen LogP contribution in [-0.4, -0.2) is 17.1 Å². The van der Waals surface area contributed by atoms with E-state index in [4.69, 9.17) is 0 Å². The van der Waals surface area contributed by atoms with Crippen LogP contribution in [0.15, 0.2) is 12.3 Å². The summed E-state index contributed by atoms with van der Waals surface area (Å²) in [7, 11) is 0. The van der Waals surface area contributed by atoms with Crippen molar-refractivity contribution in [1.82, 2.24) is 4.98 Å². The molecule has 0 radical (unpaired) electrons. The van der Waals surface area contributed by atoms with E-state index >= 15 is 0 Å². The first-order valence-corrected chi connectivity index (χ1v) is 3.98. The Balaban J connectivity index is 2.41. The fourth-order valence-electron chi connectivity index (χ4n) is 1.60. The second-order valence-corrected chi connectivity index (χ2v) is 3.02. The Bertz CT molecular complexity index is 327. The largest absolute Gasteiger partial charge is 0.359 e. The van der Waals surface area contributed by atoms with Crippen LogP contribution in [0.4, 0.5) is 0 Å². The van der Waals surface area contributed by atoms with Crippen LogP contribution in [0.5, 0.6) is 0 Å². The van der Waals surface area contributed by atoms with Crippen molar-refractivity contribution in [3.8, 4) is 0 Å². The molecule has 0 saturated heterocycles. The number of fused-ring (bicyclic) bond motifs is 1. The van der Waals surface area contributed by atoms with Crippen LogP contribution in [0.25, 0.3) is 0 Å². The third kappa shape index (κ3) is 0.897. The number of ketones is 1. The monoisotopic (exact) mass is 163 g/mol. The molecule has 0 bridgehead atoms. The molecule has 0 aromatic carbocycles. The molecule has 1 aliphatic rings. The number of rotatable bonds is 1. The van der Waals surface area contributed by atoms with Crippen LogP contribution in [0, 0.1) is 5.92 Å². The number of Topliss-reactive ketones (excluding diaryl/α,β-unsaturated/α-hetero) is 1. The maximum Gasteiger partial charge on any atom is 0.189 e. The van der Waals surface area contributed by atoms with E-state index in [9.17, 15) is 9.59 Å². The predicted octanol–water partition coefficient (Wildman–Crippen LogP) is 0.959. The molecule has 12 heavy (non-hydrogen) atoms. The Labute approximate surface area is 69.8 Å². The molecule has 0 aliphatic heterocycles. The van der Waals surface area contributed by atoms with Gasteiger partial charge in [-0.15, -0.1) is 0 Å². The molecule has 1 aromatic rings. The first kappa shape index (κ1) is 7.28. The molecule has 1 heterocycles. The highest BCUT2D eigenvalue weighted by molar-refractivity contribution is 6.05. The molecule has 1 aliphatic carbocycles. The van der Waals surface area contributed by atoms with Crippen LogP contribution in [0.3, 0.4) is 0 Å². The van der Waals surface area contributed by atoms with Crippen LogP contribution >= 0.6 is 0 Å². The first-order valence-electron chi connectivity index (χ1n) is 3.98. The summed E-state index contributed by atoms with van der Waals surface area (Å²) in [6, 6.07) is 1.90. The van der Waals surface area contributed by atoms with Gasteiger partial charge in [0.1, 0.15) is 6.29 Å². The Morgan fingerprint density at radius 1 is 1.58 bits per heavy atom. The molecule has 1 unspecified atom stereocenters. The summed E-state index contributed by atoms with van der Waals surface area (Å²) in [5.41, 5.74) is 1.66. The summed E-state index contributed by atoms with van der Waals surface area (Å²) in [5.74, 6) is -0.479. The van der Waals surface area contributed by atoms with Gasteiger partial charge in [0.25, 0.3) is 0 Å². The van der Waals surface area contributed by atoms with Gasteiger partial charge in [-0.05, 0) is 24.5 Å². The molecular formula is C9H9NO2. The second-order valence-electron chi connectivity index (χ2n) is 3.02. The van der Waals surface area contributed by atoms with E-state index in [2.05, 4.69) is 4.98 Å². The summed E-state index contributed by atoms with van der Waals surface area (Å²) < 4.78 is 0. The van der Waals surface area contributed by atoms with E-state index in [1.807, 2.05) is 6.07 Å². The number of aldehydes is 1. The number of aromatic amines is 1. The number of carbonyl (C=O) groups is 2. The van der Waals surface area contributed by atoms with E-state index in [0.717, 1.165) is 18.3 Å². The van der Waals surface area contributed by atoms with Crippen LogP contribution in [0.1, 0.15) is 22.5 Å². The van der Waals surface area contributed by atoms with Gasteiger partial charge in [0, 0.05) is 6.20 Å². The Kier molecular flexibility index (Phi) is 1.57. The maximum atomic E-state index is 11.4. The number of aryl methyl sites for hydroxylation is 1. The number of aromatic nitrogens is 1. The molecule has 62 valence electrons. The number of hydrogen-bond donors (Lipinski definition) is 1. The number of hydrogen-bond acceptors (Lipinski definition) is 2. The minimum atomic E-state index is -0.420. The minimum absolute atomic E-state index is 0.0590. The van der Waals surface area contributed by atoms with Crippen molar-refractivity contribution < 1.29 is 9.59 Å². The molecule has 0 spiro atoms. The zero-order chi connectivity index (χ0) is 8.55. The highest BCUT2D eigenvalue weighted by Crippen LogP contribution is 2.22. The average Bonchev–Trinajstić information content (AvgIpc) is 2.53. The molecule has 0 amide bonds. The van der Waals surface area contributed by atoms with Crippen LogP contribution in [-0.2, 0) is 11.2 Å². The van der Waals surface area contributed by atoms with E-state index in [0.29, 0.717) is 12.1 Å². The van der Waals surface area contributed by atoms with Crippen molar-refractivity contribution in [3.05, 3.63) is 23.5 Å². The zero-order valence-electron chi connectivity index (χ0n) is 6.54. The summed E-state index contributed by atoms with van der Waals surface area (Å²) in [6.45, 7) is 0. The van der Waals surface area contributed by atoms with E-state index in [-0.39, 0.29) is 5.78 Å². The van der Waals surface area contributed by atoms with Crippen LogP contribution < -0.4 is 0 Å². The van der Waals surface area contributed by atoms with Crippen molar-refractivity contribution >= 4 is 12.1 Å². The normalized spacial score (nSPS) is 22.0. The van der Waals surface area contributed by atoms with Crippen molar-refractivity contribution in [3.63, 3.8) is 0 Å². The van der Waals surface area contributed by atoms with Crippen molar-refractivity contribution in [1.29, 1.82) is 0 Å². The lowest BCUT2D eigenvalue weighted by Gasteiger charge is -2.14. The van der Waals surface area contributed by atoms with Gasteiger partial charge in [-0.3, -0.25) is 4.79 Å². The highest BCUT2D eigenvalue weighted by atomic mass is 16.1. The fraction of sp³-hybridized carbons (Fsp3) is 0.333. The lowest BCUT2D eigenvalue weighted by Crippen LogP contribution is -2.23. The lowest BCUT2D eigenvalue weighted by atomic mass is 9.88. The van der Waals surface area contributed by atoms with E-state index in [1.54, 1.807) is 6.20 Å². The van der Waals surface area contributed by atoms with E-state index in [1.165, 1.54) is 0 Å². The molecule has 0 saturated carbocycles. The number of carbonyl (C=O) groups excluding carboxylic acids is 2. The first-order chi connectivity index (χ1) is 5.83. The fourth-order valence-corrected chi connectivity index (χ4v) is 1.60. The third-order valence-electron chi connectivity index (χ3n) is 2.31.